The van der Waals surface area contributed by atoms with Gasteiger partial charge in [0.25, 0.3) is 0 Å². The highest BCUT2D eigenvalue weighted by Crippen LogP contribution is 2.23. The number of nitrogens with one attached hydrogen (secondary N) is 1. The molecule has 0 saturated carbocycles. The van der Waals surface area contributed by atoms with E-state index in [9.17, 15) is 8.78 Å². The van der Waals surface area contributed by atoms with Gasteiger partial charge >= 0.3 is 0 Å². The Kier molecular flexibility index (Phi) is 4.96. The van der Waals surface area contributed by atoms with Crippen LogP contribution in [-0.4, -0.2) is 16.7 Å². The summed E-state index contributed by atoms with van der Waals surface area (Å²) < 4.78 is 31.6. The monoisotopic (exact) mass is 329 g/mol. The van der Waals surface area contributed by atoms with E-state index in [0.717, 1.165) is 12.1 Å². The van der Waals surface area contributed by atoms with Crippen LogP contribution in [-0.2, 0) is 0 Å². The maximum Gasteiger partial charge on any atom is 0.213 e. The molecule has 3 rings (SSSR count). The number of hydrogen-bond donors (Lipinski definition) is 1. The van der Waals surface area contributed by atoms with E-state index in [0.29, 0.717) is 17.9 Å². The molecule has 3 aromatic rings. The van der Waals surface area contributed by atoms with E-state index in [1.165, 1.54) is 18.0 Å². The summed E-state index contributed by atoms with van der Waals surface area (Å²) in [5, 5.41) is 7.14. The molecule has 24 heavy (non-hydrogen) atoms. The zero-order valence-electron chi connectivity index (χ0n) is 13.1. The minimum Gasteiger partial charge on any atom is -0.343 e. The van der Waals surface area contributed by atoms with Crippen LogP contribution < -0.4 is 5.32 Å². The van der Waals surface area contributed by atoms with Crippen molar-refractivity contribution < 1.29 is 13.3 Å². The summed E-state index contributed by atoms with van der Waals surface area (Å²) in [4.78, 5) is 4.04. The molecule has 124 valence electrons. The number of nitrogens with zero attached hydrogens (tertiary/aromatic N) is 2. The van der Waals surface area contributed by atoms with Crippen molar-refractivity contribution in [2.45, 2.75) is 18.9 Å². The first-order valence-corrected chi connectivity index (χ1v) is 7.64. The Morgan fingerprint density at radius 3 is 2.50 bits per heavy atom. The maximum atomic E-state index is 13.6. The third-order valence-corrected chi connectivity index (χ3v) is 3.91. The SMILES string of the molecule is C[C@H](CN[C@H](c1ccc(F)c(F)c1)c1ncon1)c1ccccc1. The van der Waals surface area contributed by atoms with E-state index in [2.05, 4.69) is 22.4 Å². The molecule has 0 aliphatic carbocycles. The first-order valence-electron chi connectivity index (χ1n) is 7.64. The van der Waals surface area contributed by atoms with Crippen molar-refractivity contribution in [3.05, 3.63) is 83.5 Å². The molecule has 0 aliphatic rings. The molecule has 0 spiro atoms. The van der Waals surface area contributed by atoms with Crippen LogP contribution in [0.15, 0.2) is 59.4 Å². The highest BCUT2D eigenvalue weighted by atomic mass is 19.2. The van der Waals surface area contributed by atoms with E-state index in [1.54, 1.807) is 0 Å². The van der Waals surface area contributed by atoms with Crippen LogP contribution in [0.1, 0.15) is 35.8 Å². The largest absolute Gasteiger partial charge is 0.343 e. The quantitative estimate of drug-likeness (QED) is 0.747. The average Bonchev–Trinajstić information content (AvgIpc) is 3.13. The molecule has 4 nitrogen and oxygen atoms in total. The van der Waals surface area contributed by atoms with E-state index in [4.69, 9.17) is 4.52 Å². The smallest absolute Gasteiger partial charge is 0.213 e. The van der Waals surface area contributed by atoms with Gasteiger partial charge in [0.2, 0.25) is 6.39 Å². The molecule has 2 aromatic carbocycles. The van der Waals surface area contributed by atoms with Crippen LogP contribution in [0.25, 0.3) is 0 Å². The van der Waals surface area contributed by atoms with Gasteiger partial charge in [0.1, 0.15) is 0 Å². The van der Waals surface area contributed by atoms with Crippen molar-refractivity contribution in [3.8, 4) is 0 Å². The number of hydrogen-bond acceptors (Lipinski definition) is 4. The topological polar surface area (TPSA) is 51.0 Å². The fraction of sp³-hybridized carbons (Fsp3) is 0.222. The molecular weight excluding hydrogens is 312 g/mol. The lowest BCUT2D eigenvalue weighted by molar-refractivity contribution is 0.400. The Labute approximate surface area is 138 Å². The van der Waals surface area contributed by atoms with Gasteiger partial charge in [0, 0.05) is 6.54 Å². The van der Waals surface area contributed by atoms with Gasteiger partial charge in [-0.15, -0.1) is 0 Å². The number of rotatable bonds is 6. The Morgan fingerprint density at radius 2 is 1.83 bits per heavy atom. The van der Waals surface area contributed by atoms with Crippen LogP contribution in [0.2, 0.25) is 0 Å². The zero-order chi connectivity index (χ0) is 16.9. The standard InChI is InChI=1S/C18H17F2N3O/c1-12(13-5-3-2-4-6-13)10-21-17(18-22-11-24-23-18)14-7-8-15(19)16(20)9-14/h2-9,11-12,17,21H,10H2,1H3/t12-,17-/m1/s1. The second kappa shape index (κ2) is 7.31. The van der Waals surface area contributed by atoms with E-state index < -0.39 is 17.7 Å². The molecule has 0 radical (unpaired) electrons. The molecule has 0 fully saturated rings. The Hall–Kier alpha value is -2.60. The Bertz CT molecular complexity index is 778. The molecule has 0 bridgehead atoms. The maximum absolute atomic E-state index is 13.6. The summed E-state index contributed by atoms with van der Waals surface area (Å²) in [6.07, 6.45) is 1.21. The first kappa shape index (κ1) is 16.3. The summed E-state index contributed by atoms with van der Waals surface area (Å²) in [6.45, 7) is 2.70. The van der Waals surface area contributed by atoms with Crippen molar-refractivity contribution in [1.29, 1.82) is 0 Å². The van der Waals surface area contributed by atoms with Gasteiger partial charge in [0.05, 0.1) is 6.04 Å². The summed E-state index contributed by atoms with van der Waals surface area (Å²) in [7, 11) is 0. The van der Waals surface area contributed by atoms with Crippen molar-refractivity contribution in [3.63, 3.8) is 0 Å². The van der Waals surface area contributed by atoms with Gasteiger partial charge in [0.15, 0.2) is 17.5 Å². The minimum atomic E-state index is -0.904. The second-order valence-corrected chi connectivity index (χ2v) is 5.62. The number of aromatic nitrogens is 2. The van der Waals surface area contributed by atoms with Crippen molar-refractivity contribution in [1.82, 2.24) is 15.5 Å². The molecule has 0 amide bonds. The predicted octanol–water partition coefficient (Wildman–Crippen LogP) is 3.83. The number of benzene rings is 2. The fourth-order valence-electron chi connectivity index (χ4n) is 2.55. The predicted molar refractivity (Wildman–Crippen MR) is 85.4 cm³/mol. The highest BCUT2D eigenvalue weighted by molar-refractivity contribution is 5.26. The summed E-state index contributed by atoms with van der Waals surface area (Å²) >= 11 is 0. The number of halogens is 2. The van der Waals surface area contributed by atoms with Crippen molar-refractivity contribution in [2.75, 3.05) is 6.54 Å². The van der Waals surface area contributed by atoms with Crippen LogP contribution in [0.3, 0.4) is 0 Å². The van der Waals surface area contributed by atoms with Gasteiger partial charge in [-0.2, -0.15) is 4.98 Å². The molecule has 2 atom stereocenters. The van der Waals surface area contributed by atoms with Gasteiger partial charge in [-0.1, -0.05) is 48.5 Å². The lowest BCUT2D eigenvalue weighted by atomic mass is 9.99. The van der Waals surface area contributed by atoms with Crippen LogP contribution in [0.4, 0.5) is 8.78 Å². The van der Waals surface area contributed by atoms with E-state index >= 15 is 0 Å². The molecule has 1 aromatic heterocycles. The van der Waals surface area contributed by atoms with Crippen LogP contribution in [0, 0.1) is 11.6 Å². The van der Waals surface area contributed by atoms with Gasteiger partial charge in [-0.05, 0) is 29.2 Å². The zero-order valence-corrected chi connectivity index (χ0v) is 13.1. The van der Waals surface area contributed by atoms with E-state index in [-0.39, 0.29) is 5.92 Å². The van der Waals surface area contributed by atoms with Gasteiger partial charge in [-0.3, -0.25) is 0 Å². The summed E-state index contributed by atoms with van der Waals surface area (Å²) in [5.41, 5.74) is 1.72. The molecule has 0 aliphatic heterocycles. The van der Waals surface area contributed by atoms with Gasteiger partial charge < -0.3 is 9.84 Å². The van der Waals surface area contributed by atoms with Gasteiger partial charge in [-0.25, -0.2) is 8.78 Å². The Morgan fingerprint density at radius 1 is 1.04 bits per heavy atom. The fourth-order valence-corrected chi connectivity index (χ4v) is 2.55. The molecule has 1 N–H and O–H groups in total. The molecular formula is C18H17F2N3O. The summed E-state index contributed by atoms with van der Waals surface area (Å²) in [5.74, 6) is -1.19. The third-order valence-electron chi connectivity index (χ3n) is 3.91. The van der Waals surface area contributed by atoms with Crippen LogP contribution >= 0.6 is 0 Å². The van der Waals surface area contributed by atoms with Crippen molar-refractivity contribution >= 4 is 0 Å². The van der Waals surface area contributed by atoms with Crippen LogP contribution in [0.5, 0.6) is 0 Å². The Balaban J connectivity index is 1.80. The normalized spacial score (nSPS) is 13.6. The highest BCUT2D eigenvalue weighted by Gasteiger charge is 2.21. The lowest BCUT2D eigenvalue weighted by Crippen LogP contribution is -2.27. The molecule has 0 unspecified atom stereocenters. The van der Waals surface area contributed by atoms with Crippen molar-refractivity contribution in [2.24, 2.45) is 0 Å². The average molecular weight is 329 g/mol. The first-order chi connectivity index (χ1) is 11.6. The molecule has 6 heteroatoms. The third kappa shape index (κ3) is 3.65. The molecule has 0 saturated heterocycles. The van der Waals surface area contributed by atoms with E-state index in [1.807, 2.05) is 30.3 Å². The summed E-state index contributed by atoms with van der Waals surface area (Å²) in [6, 6.07) is 13.3. The minimum absolute atomic E-state index is 0.228. The second-order valence-electron chi connectivity index (χ2n) is 5.62. The molecule has 1 heterocycles. The lowest BCUT2D eigenvalue weighted by Gasteiger charge is -2.19.